The van der Waals surface area contributed by atoms with Gasteiger partial charge in [0.15, 0.2) is 0 Å². The van der Waals surface area contributed by atoms with Gasteiger partial charge in [0.1, 0.15) is 0 Å². The van der Waals surface area contributed by atoms with E-state index >= 15 is 0 Å². The van der Waals surface area contributed by atoms with Crippen LogP contribution >= 0.6 is 15.9 Å². The summed E-state index contributed by atoms with van der Waals surface area (Å²) in [5, 5.41) is 4.29. The predicted octanol–water partition coefficient (Wildman–Crippen LogP) is 4.73. The molecular formula is C22H28BrN7. The highest BCUT2D eigenvalue weighted by molar-refractivity contribution is 9.10. The maximum absolute atomic E-state index is 4.79. The Labute approximate surface area is 186 Å². The topological polar surface area (TPSA) is 69.5 Å². The summed E-state index contributed by atoms with van der Waals surface area (Å²) < 4.78 is 1.07. The van der Waals surface area contributed by atoms with Crippen LogP contribution in [0, 0.1) is 0 Å². The lowest BCUT2D eigenvalue weighted by Crippen LogP contribution is -2.34. The SMILES string of the molecule is Brc1ccc(/C=C\C=NNc2nc(N3CCCCC3)nc(N3CCCCC3)n2)cc1. The fraction of sp³-hybridized carbons (Fsp3) is 0.455. The molecule has 0 aliphatic carbocycles. The van der Waals surface area contributed by atoms with E-state index in [4.69, 9.17) is 4.98 Å². The third-order valence-electron chi connectivity index (χ3n) is 5.37. The van der Waals surface area contributed by atoms with Gasteiger partial charge < -0.3 is 9.80 Å². The van der Waals surface area contributed by atoms with Gasteiger partial charge in [0.05, 0.1) is 0 Å². The van der Waals surface area contributed by atoms with Crippen molar-refractivity contribution >= 4 is 46.1 Å². The molecule has 1 aromatic heterocycles. The minimum absolute atomic E-state index is 0.499. The minimum Gasteiger partial charge on any atom is -0.341 e. The highest BCUT2D eigenvalue weighted by Crippen LogP contribution is 2.22. The van der Waals surface area contributed by atoms with Crippen molar-refractivity contribution < 1.29 is 0 Å². The number of allylic oxidation sites excluding steroid dienone is 1. The van der Waals surface area contributed by atoms with Crippen LogP contribution < -0.4 is 15.2 Å². The number of anilines is 3. The smallest absolute Gasteiger partial charge is 0.250 e. The van der Waals surface area contributed by atoms with E-state index in [0.29, 0.717) is 5.95 Å². The molecule has 8 heteroatoms. The van der Waals surface area contributed by atoms with E-state index in [1.807, 2.05) is 36.4 Å². The fourth-order valence-electron chi connectivity index (χ4n) is 3.74. The van der Waals surface area contributed by atoms with Gasteiger partial charge in [-0.05, 0) is 62.3 Å². The molecule has 0 radical (unpaired) electrons. The Morgan fingerprint density at radius 1 is 0.800 bits per heavy atom. The van der Waals surface area contributed by atoms with Gasteiger partial charge in [-0.1, -0.05) is 34.1 Å². The summed E-state index contributed by atoms with van der Waals surface area (Å²) in [6, 6.07) is 8.13. The molecule has 0 bridgehead atoms. The third-order valence-corrected chi connectivity index (χ3v) is 5.90. The molecule has 158 valence electrons. The first-order valence-corrected chi connectivity index (χ1v) is 11.5. The lowest BCUT2D eigenvalue weighted by molar-refractivity contribution is 0.556. The summed E-state index contributed by atoms with van der Waals surface area (Å²) in [6.07, 6.45) is 12.9. The molecule has 0 unspecified atom stereocenters. The Bertz CT molecular complexity index is 833. The molecule has 0 amide bonds. The number of halogens is 1. The van der Waals surface area contributed by atoms with Crippen molar-refractivity contribution in [2.75, 3.05) is 41.4 Å². The monoisotopic (exact) mass is 469 g/mol. The van der Waals surface area contributed by atoms with Gasteiger partial charge >= 0.3 is 0 Å². The molecule has 2 aromatic rings. The van der Waals surface area contributed by atoms with Gasteiger partial charge in [0, 0.05) is 36.9 Å². The number of nitrogens with one attached hydrogen (secondary N) is 1. The zero-order chi connectivity index (χ0) is 20.6. The molecule has 1 aromatic carbocycles. The summed E-state index contributed by atoms with van der Waals surface area (Å²) in [6.45, 7) is 4.01. The molecule has 7 nitrogen and oxygen atoms in total. The maximum Gasteiger partial charge on any atom is 0.250 e. The number of benzene rings is 1. The van der Waals surface area contributed by atoms with E-state index in [1.54, 1.807) is 6.21 Å². The van der Waals surface area contributed by atoms with E-state index in [0.717, 1.165) is 48.1 Å². The van der Waals surface area contributed by atoms with Crippen molar-refractivity contribution in [3.8, 4) is 0 Å². The highest BCUT2D eigenvalue weighted by atomic mass is 79.9. The van der Waals surface area contributed by atoms with Crippen molar-refractivity contribution in [3.63, 3.8) is 0 Å². The molecule has 30 heavy (non-hydrogen) atoms. The second-order valence-electron chi connectivity index (χ2n) is 7.66. The van der Waals surface area contributed by atoms with Crippen LogP contribution in [-0.2, 0) is 0 Å². The number of piperidine rings is 2. The summed E-state index contributed by atoms with van der Waals surface area (Å²) >= 11 is 3.45. The largest absolute Gasteiger partial charge is 0.341 e. The molecule has 2 saturated heterocycles. The van der Waals surface area contributed by atoms with Crippen LogP contribution in [0.2, 0.25) is 0 Å². The summed E-state index contributed by atoms with van der Waals surface area (Å²) in [5.74, 6) is 2.01. The van der Waals surface area contributed by atoms with Crippen molar-refractivity contribution in [1.29, 1.82) is 0 Å². The van der Waals surface area contributed by atoms with E-state index in [1.165, 1.54) is 38.5 Å². The van der Waals surface area contributed by atoms with Gasteiger partial charge in [-0.2, -0.15) is 20.1 Å². The van der Waals surface area contributed by atoms with E-state index < -0.39 is 0 Å². The Hall–Kier alpha value is -2.48. The van der Waals surface area contributed by atoms with Gasteiger partial charge in [0.25, 0.3) is 0 Å². The lowest BCUT2D eigenvalue weighted by atomic mass is 10.1. The molecule has 0 spiro atoms. The molecule has 2 fully saturated rings. The second-order valence-corrected chi connectivity index (χ2v) is 8.57. The van der Waals surface area contributed by atoms with Crippen LogP contribution in [0.15, 0.2) is 39.9 Å². The first-order chi connectivity index (χ1) is 14.8. The number of aromatic nitrogens is 3. The average Bonchev–Trinajstić information content (AvgIpc) is 2.81. The molecule has 3 heterocycles. The molecule has 0 atom stereocenters. The first kappa shape index (κ1) is 20.8. The number of hydrogen-bond acceptors (Lipinski definition) is 7. The van der Waals surface area contributed by atoms with E-state index in [2.05, 4.69) is 46.2 Å². The molecule has 2 aliphatic rings. The lowest BCUT2D eigenvalue weighted by Gasteiger charge is -2.30. The second kappa shape index (κ2) is 10.5. The van der Waals surface area contributed by atoms with Crippen molar-refractivity contribution in [2.24, 2.45) is 5.10 Å². The third kappa shape index (κ3) is 5.78. The Morgan fingerprint density at radius 2 is 1.37 bits per heavy atom. The quantitative estimate of drug-likeness (QED) is 0.487. The number of rotatable bonds is 6. The Balaban J connectivity index is 1.46. The van der Waals surface area contributed by atoms with Gasteiger partial charge in [0.2, 0.25) is 17.8 Å². The van der Waals surface area contributed by atoms with Crippen molar-refractivity contribution in [3.05, 3.63) is 40.4 Å². The van der Waals surface area contributed by atoms with Gasteiger partial charge in [-0.15, -0.1) is 0 Å². The van der Waals surface area contributed by atoms with Crippen LogP contribution in [0.5, 0.6) is 0 Å². The Kier molecular flexibility index (Phi) is 7.29. The van der Waals surface area contributed by atoms with Crippen LogP contribution in [0.4, 0.5) is 17.8 Å². The van der Waals surface area contributed by atoms with Gasteiger partial charge in [-0.3, -0.25) is 0 Å². The van der Waals surface area contributed by atoms with Crippen LogP contribution in [-0.4, -0.2) is 47.3 Å². The highest BCUT2D eigenvalue weighted by Gasteiger charge is 2.20. The number of hydrazone groups is 1. The average molecular weight is 470 g/mol. The number of hydrogen-bond donors (Lipinski definition) is 1. The summed E-state index contributed by atoms with van der Waals surface area (Å²) in [7, 11) is 0. The zero-order valence-corrected chi connectivity index (χ0v) is 18.8. The first-order valence-electron chi connectivity index (χ1n) is 10.8. The van der Waals surface area contributed by atoms with E-state index in [-0.39, 0.29) is 0 Å². The van der Waals surface area contributed by atoms with E-state index in [9.17, 15) is 0 Å². The zero-order valence-electron chi connectivity index (χ0n) is 17.2. The Morgan fingerprint density at radius 3 is 1.93 bits per heavy atom. The van der Waals surface area contributed by atoms with Gasteiger partial charge in [-0.25, -0.2) is 5.43 Å². The summed E-state index contributed by atoms with van der Waals surface area (Å²) in [4.78, 5) is 18.6. The number of nitrogens with zero attached hydrogens (tertiary/aromatic N) is 6. The van der Waals surface area contributed by atoms with Crippen LogP contribution in [0.3, 0.4) is 0 Å². The van der Waals surface area contributed by atoms with Crippen LogP contribution in [0.1, 0.15) is 44.1 Å². The molecule has 0 saturated carbocycles. The molecular weight excluding hydrogens is 442 g/mol. The van der Waals surface area contributed by atoms with Crippen molar-refractivity contribution in [2.45, 2.75) is 38.5 Å². The molecule has 2 aliphatic heterocycles. The minimum atomic E-state index is 0.499. The maximum atomic E-state index is 4.79. The molecule has 4 rings (SSSR count). The summed E-state index contributed by atoms with van der Waals surface area (Å²) in [5.41, 5.74) is 4.11. The van der Waals surface area contributed by atoms with Crippen LogP contribution in [0.25, 0.3) is 6.08 Å². The fourth-order valence-corrected chi connectivity index (χ4v) is 4.00. The molecule has 1 N–H and O–H groups in total. The normalized spacial score (nSPS) is 17.8. The van der Waals surface area contributed by atoms with Crippen molar-refractivity contribution in [1.82, 2.24) is 15.0 Å². The standard InChI is InChI=1S/C22H28BrN7/c23-19-11-9-18(10-12-19)8-7-13-24-28-20-25-21(29-14-3-1-4-15-29)27-22(26-20)30-16-5-2-6-17-30/h7-13H,1-6,14-17H2,(H,25,26,27,28)/b8-7-,24-13?. The predicted molar refractivity (Wildman–Crippen MR) is 127 cm³/mol.